The normalized spacial score (nSPS) is 21.7. The number of carboxylic acids is 2. The molecule has 0 aromatic carbocycles. The van der Waals surface area contributed by atoms with Crippen LogP contribution in [-0.4, -0.2) is 214 Å². The van der Waals surface area contributed by atoms with Gasteiger partial charge in [-0.1, -0.05) is 6.92 Å². The Kier molecular flexibility index (Phi) is 26.7. The van der Waals surface area contributed by atoms with E-state index in [2.05, 4.69) is 0 Å². The second-order valence-corrected chi connectivity index (χ2v) is 23.6. The lowest BCUT2D eigenvalue weighted by Crippen LogP contribution is -2.43. The van der Waals surface area contributed by atoms with Crippen LogP contribution in [0.3, 0.4) is 0 Å². The van der Waals surface area contributed by atoms with Crippen molar-refractivity contribution in [2.45, 2.75) is 233 Å². The van der Waals surface area contributed by atoms with Gasteiger partial charge in [-0.2, -0.15) is 0 Å². The van der Waals surface area contributed by atoms with Gasteiger partial charge in [0.15, 0.2) is 0 Å². The highest BCUT2D eigenvalue weighted by molar-refractivity contribution is 5.81. The summed E-state index contributed by atoms with van der Waals surface area (Å²) in [5.41, 5.74) is -2.55. The topological polar surface area (TPSA) is 303 Å². The fraction of sp³-hybridized carbons (Fsp3) is 0.863. The van der Waals surface area contributed by atoms with Crippen LogP contribution in [-0.2, 0) is 33.3 Å². The first-order valence-corrected chi connectivity index (χ1v) is 25.8. The fourth-order valence-corrected chi connectivity index (χ4v) is 7.52. The number of carboxylic acid groups (broad SMARTS) is 2. The van der Waals surface area contributed by atoms with E-state index in [-0.39, 0.29) is 56.1 Å². The Labute approximate surface area is 438 Å². The third-order valence-corrected chi connectivity index (χ3v) is 11.6. The third kappa shape index (κ3) is 26.6. The number of hydrogen-bond acceptors (Lipinski definition) is 16. The number of carbonyl (C=O) groups is 7. The molecule has 5 saturated heterocycles. The van der Waals surface area contributed by atoms with Crippen LogP contribution in [0.1, 0.15) is 168 Å². The van der Waals surface area contributed by atoms with E-state index in [1.54, 1.807) is 56.2 Å². The van der Waals surface area contributed by atoms with E-state index in [1.807, 2.05) is 62.3 Å². The Balaban J connectivity index is 0.000000463. The molecule has 5 heterocycles. The molecule has 0 spiro atoms. The highest BCUT2D eigenvalue weighted by Crippen LogP contribution is 2.24. The standard InChI is InChI=1S/C11H21NO3.C10H17NO5.C10H17NO4.2C10H19NO3/c1-4-11(2,3)15-10(14)12-7-5-9(13)6-8-12;1-10(2,3)16-9(15)11-5-6(12)4-7(11)8(13)14;1-10(2,3)15-9(14)11-6-4-5-7(11)8(12)13;1-10(2,3)14-9(13)11-6-4-8(12)5-7-11;1-10(2,3)14-9(13)11-6-4-5-8(11)7-12/h9,13H,4-8H2,1-3H3;6-7,12H,4-5H2,1-3H3,(H,13,14);7H,4-6H2,1-3H3,(H,12,13);2*8,12H,4-7H2,1-3H3. The van der Waals surface area contributed by atoms with Crippen LogP contribution in [0.4, 0.5) is 24.0 Å². The Morgan fingerprint density at radius 1 is 0.446 bits per heavy atom. The highest BCUT2D eigenvalue weighted by Gasteiger charge is 2.41. The van der Waals surface area contributed by atoms with E-state index in [0.717, 1.165) is 30.6 Å². The number of rotatable bonds is 5. The molecule has 0 radical (unpaired) electrons. The number of hydrogen-bond donors (Lipinski definition) is 6. The number of amides is 5. The first-order chi connectivity index (χ1) is 33.8. The maximum atomic E-state index is 11.7. The smallest absolute Gasteiger partial charge is 0.411 e. The van der Waals surface area contributed by atoms with Gasteiger partial charge in [-0.05, 0) is 155 Å². The number of β-amino-alcohol motifs (C(OH)–C–C–N with tert-alkyl or cyclic N) is 1. The minimum atomic E-state index is -1.12. The minimum Gasteiger partial charge on any atom is -0.480 e. The van der Waals surface area contributed by atoms with E-state index >= 15 is 0 Å². The zero-order valence-corrected chi connectivity index (χ0v) is 47.0. The van der Waals surface area contributed by atoms with Crippen LogP contribution in [0.15, 0.2) is 0 Å². The van der Waals surface area contributed by atoms with Crippen molar-refractivity contribution >= 4 is 42.4 Å². The second kappa shape index (κ2) is 29.4. The van der Waals surface area contributed by atoms with Crippen molar-refractivity contribution in [3.8, 4) is 0 Å². The van der Waals surface area contributed by atoms with E-state index in [0.29, 0.717) is 71.4 Å². The third-order valence-electron chi connectivity index (χ3n) is 11.6. The predicted molar refractivity (Wildman–Crippen MR) is 272 cm³/mol. The van der Waals surface area contributed by atoms with Crippen LogP contribution in [0.25, 0.3) is 0 Å². The molecule has 74 heavy (non-hydrogen) atoms. The van der Waals surface area contributed by atoms with Gasteiger partial charge in [0, 0.05) is 45.7 Å². The van der Waals surface area contributed by atoms with Gasteiger partial charge in [0.25, 0.3) is 0 Å². The van der Waals surface area contributed by atoms with E-state index in [9.17, 15) is 48.9 Å². The molecule has 5 rings (SSSR count). The molecule has 23 heteroatoms. The molecule has 0 aromatic rings. The predicted octanol–water partition coefficient (Wildman–Crippen LogP) is 6.44. The Bertz CT molecular complexity index is 1790. The van der Waals surface area contributed by atoms with Crippen LogP contribution in [0, 0.1) is 0 Å². The van der Waals surface area contributed by atoms with Crippen molar-refractivity contribution in [2.24, 2.45) is 0 Å². The van der Waals surface area contributed by atoms with Crippen molar-refractivity contribution < 1.29 is 87.9 Å². The summed E-state index contributed by atoms with van der Waals surface area (Å²) in [4.78, 5) is 87.1. The van der Waals surface area contributed by atoms with Gasteiger partial charge in [-0.3, -0.25) is 9.80 Å². The first-order valence-electron chi connectivity index (χ1n) is 25.8. The lowest BCUT2D eigenvalue weighted by atomic mass is 10.1. The van der Waals surface area contributed by atoms with E-state index < -0.39 is 70.3 Å². The summed E-state index contributed by atoms with van der Waals surface area (Å²) in [6.07, 6.45) is 3.13. The van der Waals surface area contributed by atoms with Gasteiger partial charge in [-0.15, -0.1) is 0 Å². The number of aliphatic carboxylic acids is 2. The zero-order valence-electron chi connectivity index (χ0n) is 47.0. The lowest BCUT2D eigenvalue weighted by molar-refractivity contribution is -0.142. The van der Waals surface area contributed by atoms with Crippen LogP contribution < -0.4 is 0 Å². The average Bonchev–Trinajstić information content (AvgIpc) is 4.03. The molecule has 430 valence electrons. The SMILES string of the molecule is CC(C)(C)OC(=O)N1CC(O)CC1C(=O)O.CC(C)(C)OC(=O)N1CCC(O)CC1.CC(C)(C)OC(=O)N1CCCC1C(=O)O.CC(C)(C)OC(=O)N1CCCC1CO.CCC(C)(C)OC(=O)N1CCC(O)CC1. The fourth-order valence-electron chi connectivity index (χ4n) is 7.52. The summed E-state index contributed by atoms with van der Waals surface area (Å²) in [5, 5.41) is 54.7. The van der Waals surface area contributed by atoms with Crippen molar-refractivity contribution in [1.82, 2.24) is 24.5 Å². The van der Waals surface area contributed by atoms with Gasteiger partial charge in [0.1, 0.15) is 40.1 Å². The van der Waals surface area contributed by atoms with Crippen LogP contribution >= 0.6 is 0 Å². The zero-order chi connectivity index (χ0) is 57.2. The van der Waals surface area contributed by atoms with E-state index in [1.165, 1.54) is 4.90 Å². The number of nitrogens with zero attached hydrogens (tertiary/aromatic N) is 5. The summed E-state index contributed by atoms with van der Waals surface area (Å²) in [5.74, 6) is -2.08. The van der Waals surface area contributed by atoms with Gasteiger partial charge in [-0.25, -0.2) is 33.6 Å². The number of aliphatic hydroxyl groups is 4. The minimum absolute atomic E-state index is 0.00583. The molecule has 23 nitrogen and oxygen atoms in total. The molecule has 5 aliphatic rings. The Morgan fingerprint density at radius 2 is 0.797 bits per heavy atom. The van der Waals surface area contributed by atoms with Crippen molar-refractivity contribution in [1.29, 1.82) is 0 Å². The van der Waals surface area contributed by atoms with Crippen LogP contribution in [0.5, 0.6) is 0 Å². The van der Waals surface area contributed by atoms with Crippen LogP contribution in [0.2, 0.25) is 0 Å². The van der Waals surface area contributed by atoms with Crippen molar-refractivity contribution in [3.05, 3.63) is 0 Å². The molecule has 0 bridgehead atoms. The molecule has 4 unspecified atom stereocenters. The molecule has 5 aliphatic heterocycles. The van der Waals surface area contributed by atoms with Crippen molar-refractivity contribution in [2.75, 3.05) is 52.4 Å². The molecule has 0 aromatic heterocycles. The summed E-state index contributed by atoms with van der Waals surface area (Å²) in [6, 6.07) is -1.77. The van der Waals surface area contributed by atoms with Gasteiger partial charge in [0.2, 0.25) is 0 Å². The molecule has 0 aliphatic carbocycles. The van der Waals surface area contributed by atoms with Gasteiger partial charge >= 0.3 is 42.4 Å². The number of aliphatic hydroxyl groups excluding tert-OH is 4. The summed E-state index contributed by atoms with van der Waals surface area (Å²) in [7, 11) is 0. The molecule has 6 N–H and O–H groups in total. The van der Waals surface area contributed by atoms with Crippen molar-refractivity contribution in [3.63, 3.8) is 0 Å². The molecule has 4 atom stereocenters. The average molecular weight is 1060 g/mol. The maximum Gasteiger partial charge on any atom is 0.411 e. The summed E-state index contributed by atoms with van der Waals surface area (Å²) < 4.78 is 26.0. The molecular formula is C51H93N5O18. The number of ether oxygens (including phenoxy) is 5. The summed E-state index contributed by atoms with van der Waals surface area (Å²) in [6.45, 7) is 30.8. The highest BCUT2D eigenvalue weighted by atomic mass is 16.6. The second-order valence-electron chi connectivity index (χ2n) is 23.6. The molecule has 0 saturated carbocycles. The van der Waals surface area contributed by atoms with E-state index in [4.69, 9.17) is 39.0 Å². The Hall–Kier alpha value is -4.87. The largest absolute Gasteiger partial charge is 0.480 e. The monoisotopic (exact) mass is 1060 g/mol. The quantitative estimate of drug-likeness (QED) is 0.161. The number of piperidine rings is 2. The number of likely N-dealkylation sites (tertiary alicyclic amines) is 5. The first kappa shape index (κ1) is 67.1. The molecule has 5 fully saturated rings. The molecule has 5 amide bonds. The molecular weight excluding hydrogens is 971 g/mol. The van der Waals surface area contributed by atoms with Gasteiger partial charge in [0.05, 0.1) is 37.5 Å². The van der Waals surface area contributed by atoms with Gasteiger partial charge < -0.3 is 69.0 Å². The number of carbonyl (C=O) groups excluding carboxylic acids is 5. The Morgan fingerprint density at radius 3 is 1.18 bits per heavy atom. The summed E-state index contributed by atoms with van der Waals surface area (Å²) >= 11 is 0. The lowest BCUT2D eigenvalue weighted by Gasteiger charge is -2.32. The maximum absolute atomic E-state index is 11.7.